The van der Waals surface area contributed by atoms with Gasteiger partial charge in [-0.05, 0) is 29.9 Å². The molecule has 0 aliphatic carbocycles. The van der Waals surface area contributed by atoms with Crippen LogP contribution in [0.3, 0.4) is 0 Å². The first-order chi connectivity index (χ1) is 8.48. The lowest BCUT2D eigenvalue weighted by atomic mass is 9.86. The molecule has 0 bridgehead atoms. The van der Waals surface area contributed by atoms with Gasteiger partial charge in [0.25, 0.3) is 5.91 Å². The lowest BCUT2D eigenvalue weighted by Crippen LogP contribution is -2.28. The van der Waals surface area contributed by atoms with Crippen molar-refractivity contribution in [3.63, 3.8) is 0 Å². The molecule has 1 saturated heterocycles. The summed E-state index contributed by atoms with van der Waals surface area (Å²) in [5, 5.41) is 3.00. The fourth-order valence-electron chi connectivity index (χ4n) is 2.24. The minimum absolute atomic E-state index is 0.0143. The minimum Gasteiger partial charge on any atom is -0.368 e. The van der Waals surface area contributed by atoms with Crippen LogP contribution in [0.15, 0.2) is 24.3 Å². The van der Waals surface area contributed by atoms with Gasteiger partial charge >= 0.3 is 0 Å². The van der Waals surface area contributed by atoms with Crippen molar-refractivity contribution in [1.82, 2.24) is 0 Å². The van der Waals surface area contributed by atoms with Crippen molar-refractivity contribution in [2.75, 3.05) is 11.9 Å². The van der Waals surface area contributed by atoms with Gasteiger partial charge in [-0.3, -0.25) is 4.79 Å². The molecule has 1 fully saturated rings. The van der Waals surface area contributed by atoms with E-state index >= 15 is 0 Å². The third-order valence-electron chi connectivity index (χ3n) is 3.22. The maximum absolute atomic E-state index is 12.1. The average molecular weight is 247 g/mol. The molecule has 1 amide bonds. The summed E-state index contributed by atoms with van der Waals surface area (Å²) in [6.45, 7) is 7.12. The standard InChI is InChI=1S/C15H21NO2/c1-15(2,3)11-7-4-5-8-12(11)16-14(17)13-9-6-10-18-13/h4-5,7-8,13H,6,9-10H2,1-3H3,(H,16,17)/t13-/m1/s1. The van der Waals surface area contributed by atoms with Gasteiger partial charge in [0.2, 0.25) is 0 Å². The zero-order valence-corrected chi connectivity index (χ0v) is 11.3. The van der Waals surface area contributed by atoms with Crippen LogP contribution in [0.1, 0.15) is 39.2 Å². The van der Waals surface area contributed by atoms with E-state index in [0.29, 0.717) is 6.61 Å². The predicted octanol–water partition coefficient (Wildman–Crippen LogP) is 3.10. The molecule has 1 aromatic rings. The van der Waals surface area contributed by atoms with Gasteiger partial charge in [-0.1, -0.05) is 39.0 Å². The molecule has 0 saturated carbocycles. The van der Waals surface area contributed by atoms with Crippen LogP contribution in [0, 0.1) is 0 Å². The van der Waals surface area contributed by atoms with Crippen LogP contribution in [-0.2, 0) is 14.9 Å². The third-order valence-corrected chi connectivity index (χ3v) is 3.22. The van der Waals surface area contributed by atoms with E-state index in [1.807, 2.05) is 18.2 Å². The molecule has 3 heteroatoms. The fourth-order valence-corrected chi connectivity index (χ4v) is 2.24. The summed E-state index contributed by atoms with van der Waals surface area (Å²) < 4.78 is 5.40. The summed E-state index contributed by atoms with van der Waals surface area (Å²) in [6.07, 6.45) is 1.51. The highest BCUT2D eigenvalue weighted by Crippen LogP contribution is 2.29. The molecular formula is C15H21NO2. The first-order valence-electron chi connectivity index (χ1n) is 6.50. The minimum atomic E-state index is -0.280. The molecule has 0 unspecified atom stereocenters. The number of para-hydroxylation sites is 1. The Hall–Kier alpha value is -1.35. The number of amides is 1. The van der Waals surface area contributed by atoms with E-state index in [0.717, 1.165) is 24.1 Å². The van der Waals surface area contributed by atoms with Crippen LogP contribution in [0.2, 0.25) is 0 Å². The number of benzene rings is 1. The monoisotopic (exact) mass is 247 g/mol. The number of rotatable bonds is 2. The van der Waals surface area contributed by atoms with Gasteiger partial charge in [0.15, 0.2) is 0 Å². The van der Waals surface area contributed by atoms with Crippen LogP contribution in [0.25, 0.3) is 0 Å². The Morgan fingerprint density at radius 3 is 2.67 bits per heavy atom. The first-order valence-corrected chi connectivity index (χ1v) is 6.50. The van der Waals surface area contributed by atoms with Crippen molar-refractivity contribution in [2.45, 2.75) is 45.1 Å². The van der Waals surface area contributed by atoms with Crippen molar-refractivity contribution < 1.29 is 9.53 Å². The Kier molecular flexibility index (Phi) is 3.71. The van der Waals surface area contributed by atoms with Crippen molar-refractivity contribution in [3.05, 3.63) is 29.8 Å². The van der Waals surface area contributed by atoms with Crippen molar-refractivity contribution in [3.8, 4) is 0 Å². The number of anilines is 1. The second-order valence-corrected chi connectivity index (χ2v) is 5.79. The zero-order chi connectivity index (χ0) is 13.2. The van der Waals surface area contributed by atoms with Crippen LogP contribution >= 0.6 is 0 Å². The lowest BCUT2D eigenvalue weighted by Gasteiger charge is -2.23. The third kappa shape index (κ3) is 2.91. The van der Waals surface area contributed by atoms with Crippen LogP contribution in [-0.4, -0.2) is 18.6 Å². The number of hydrogen-bond donors (Lipinski definition) is 1. The summed E-state index contributed by atoms with van der Waals surface area (Å²) in [6, 6.07) is 7.96. The van der Waals surface area contributed by atoms with Gasteiger partial charge in [0.1, 0.15) is 6.10 Å². The molecule has 18 heavy (non-hydrogen) atoms. The van der Waals surface area contributed by atoms with Gasteiger partial charge in [0.05, 0.1) is 0 Å². The topological polar surface area (TPSA) is 38.3 Å². The Bertz CT molecular complexity index is 428. The Labute approximate surface area is 109 Å². The number of hydrogen-bond acceptors (Lipinski definition) is 2. The smallest absolute Gasteiger partial charge is 0.253 e. The molecule has 1 atom stereocenters. The number of carbonyl (C=O) groups is 1. The number of ether oxygens (including phenoxy) is 1. The summed E-state index contributed by atoms with van der Waals surface area (Å²) in [7, 11) is 0. The van der Waals surface area contributed by atoms with Crippen molar-refractivity contribution in [1.29, 1.82) is 0 Å². The van der Waals surface area contributed by atoms with E-state index in [2.05, 4.69) is 32.2 Å². The molecule has 1 aromatic carbocycles. The molecule has 0 spiro atoms. The average Bonchev–Trinajstić information content (AvgIpc) is 2.81. The van der Waals surface area contributed by atoms with E-state index in [1.165, 1.54) is 0 Å². The van der Waals surface area contributed by atoms with E-state index in [4.69, 9.17) is 4.74 Å². The predicted molar refractivity (Wildman–Crippen MR) is 72.7 cm³/mol. The van der Waals surface area contributed by atoms with Crippen molar-refractivity contribution >= 4 is 11.6 Å². The van der Waals surface area contributed by atoms with Crippen LogP contribution < -0.4 is 5.32 Å². The summed E-state index contributed by atoms with van der Waals surface area (Å²) >= 11 is 0. The highest BCUT2D eigenvalue weighted by molar-refractivity contribution is 5.95. The largest absolute Gasteiger partial charge is 0.368 e. The number of nitrogens with one attached hydrogen (secondary N) is 1. The van der Waals surface area contributed by atoms with Gasteiger partial charge in [-0.2, -0.15) is 0 Å². The summed E-state index contributed by atoms with van der Waals surface area (Å²) in [4.78, 5) is 12.1. The molecule has 2 rings (SSSR count). The maximum Gasteiger partial charge on any atom is 0.253 e. The van der Waals surface area contributed by atoms with E-state index < -0.39 is 0 Å². The number of carbonyl (C=O) groups excluding carboxylic acids is 1. The lowest BCUT2D eigenvalue weighted by molar-refractivity contribution is -0.124. The quantitative estimate of drug-likeness (QED) is 0.872. The Balaban J connectivity index is 2.16. The van der Waals surface area contributed by atoms with Crippen LogP contribution in [0.5, 0.6) is 0 Å². The Morgan fingerprint density at radius 1 is 1.33 bits per heavy atom. The van der Waals surface area contributed by atoms with Gasteiger partial charge in [-0.25, -0.2) is 0 Å². The van der Waals surface area contributed by atoms with Gasteiger partial charge in [0, 0.05) is 12.3 Å². The van der Waals surface area contributed by atoms with E-state index in [-0.39, 0.29) is 17.4 Å². The molecule has 0 aromatic heterocycles. The van der Waals surface area contributed by atoms with E-state index in [1.54, 1.807) is 0 Å². The highest BCUT2D eigenvalue weighted by atomic mass is 16.5. The zero-order valence-electron chi connectivity index (χ0n) is 11.3. The van der Waals surface area contributed by atoms with Gasteiger partial charge in [-0.15, -0.1) is 0 Å². The molecule has 1 N–H and O–H groups in total. The second kappa shape index (κ2) is 5.11. The first kappa shape index (κ1) is 13.1. The van der Waals surface area contributed by atoms with Crippen LogP contribution in [0.4, 0.5) is 5.69 Å². The molecule has 0 radical (unpaired) electrons. The van der Waals surface area contributed by atoms with Crippen molar-refractivity contribution in [2.24, 2.45) is 0 Å². The molecule has 98 valence electrons. The second-order valence-electron chi connectivity index (χ2n) is 5.79. The fraction of sp³-hybridized carbons (Fsp3) is 0.533. The maximum atomic E-state index is 12.1. The molecule has 1 aliphatic heterocycles. The Morgan fingerprint density at radius 2 is 2.06 bits per heavy atom. The van der Waals surface area contributed by atoms with Gasteiger partial charge < -0.3 is 10.1 Å². The SMILES string of the molecule is CC(C)(C)c1ccccc1NC(=O)[C@H]1CCCO1. The summed E-state index contributed by atoms with van der Waals surface area (Å²) in [5.41, 5.74) is 2.06. The molecule has 1 heterocycles. The summed E-state index contributed by atoms with van der Waals surface area (Å²) in [5.74, 6) is -0.0239. The van der Waals surface area contributed by atoms with E-state index in [9.17, 15) is 4.79 Å². The molecular weight excluding hydrogens is 226 g/mol. The normalized spacial score (nSPS) is 19.8. The molecule has 3 nitrogen and oxygen atoms in total. The molecule has 1 aliphatic rings. The highest BCUT2D eigenvalue weighted by Gasteiger charge is 2.25.